The summed E-state index contributed by atoms with van der Waals surface area (Å²) in [7, 11) is 0. The van der Waals surface area contributed by atoms with Gasteiger partial charge in [-0.25, -0.2) is 0 Å². The third kappa shape index (κ3) is 4.28. The molecule has 1 saturated heterocycles. The molecule has 0 radical (unpaired) electrons. The maximum Gasteiger partial charge on any atom is 0.231 e. The van der Waals surface area contributed by atoms with E-state index in [2.05, 4.69) is 6.07 Å². The molecular formula is C25H29ClO8. The number of hydrogen-bond donors (Lipinski definition) is 4. The second-order valence-corrected chi connectivity index (χ2v) is 9.69. The lowest BCUT2D eigenvalue weighted by Gasteiger charge is -2.41. The van der Waals surface area contributed by atoms with E-state index in [-0.39, 0.29) is 44.4 Å². The largest absolute Gasteiger partial charge is 0.454 e. The van der Waals surface area contributed by atoms with E-state index in [1.54, 1.807) is 0 Å². The van der Waals surface area contributed by atoms with E-state index in [9.17, 15) is 20.4 Å². The molecule has 8 nitrogen and oxygen atoms in total. The fraction of sp³-hybridized carbons (Fsp3) is 0.520. The van der Waals surface area contributed by atoms with Crippen molar-refractivity contribution in [1.82, 2.24) is 0 Å². The number of ether oxygens (including phenoxy) is 4. The normalized spacial score (nSPS) is 32.5. The minimum Gasteiger partial charge on any atom is -0.454 e. The topological polar surface area (TPSA) is 118 Å². The van der Waals surface area contributed by atoms with Crippen molar-refractivity contribution < 1.29 is 39.4 Å². The van der Waals surface area contributed by atoms with Crippen LogP contribution in [-0.4, -0.2) is 71.6 Å². The fourth-order valence-corrected chi connectivity index (χ4v) is 5.43. The SMILES string of the molecule is Cc1cc2c(cc1Cl)C(c1ccc3c(c1)OCO3)C(CO[C@@H]1OC[C@@H](O)[C@H](O)[C@H]1O)C(CO)C2. The van der Waals surface area contributed by atoms with E-state index in [4.69, 9.17) is 30.5 Å². The Bertz CT molecular complexity index is 1050. The predicted molar refractivity (Wildman–Crippen MR) is 122 cm³/mol. The fourth-order valence-electron chi connectivity index (χ4n) is 5.26. The van der Waals surface area contributed by atoms with Gasteiger partial charge in [-0.05, 0) is 65.6 Å². The Hall–Kier alpha value is -1.91. The minimum atomic E-state index is -1.38. The summed E-state index contributed by atoms with van der Waals surface area (Å²) in [6.07, 6.45) is -4.35. The molecule has 1 fully saturated rings. The molecule has 1 aliphatic carbocycles. The summed E-state index contributed by atoms with van der Waals surface area (Å²) in [5.41, 5.74) is 4.11. The van der Waals surface area contributed by atoms with E-state index in [0.29, 0.717) is 22.9 Å². The van der Waals surface area contributed by atoms with Gasteiger partial charge in [0, 0.05) is 17.5 Å². The van der Waals surface area contributed by atoms with Crippen molar-refractivity contribution >= 4 is 11.6 Å². The van der Waals surface area contributed by atoms with E-state index in [1.807, 2.05) is 31.2 Å². The summed E-state index contributed by atoms with van der Waals surface area (Å²) in [4.78, 5) is 0. The first kappa shape index (κ1) is 23.8. The summed E-state index contributed by atoms with van der Waals surface area (Å²) in [5.74, 6) is 0.853. The second-order valence-electron chi connectivity index (χ2n) is 9.28. The van der Waals surface area contributed by atoms with Gasteiger partial charge in [-0.15, -0.1) is 0 Å². The lowest BCUT2D eigenvalue weighted by Crippen LogP contribution is -2.54. The molecule has 3 unspecified atom stereocenters. The van der Waals surface area contributed by atoms with E-state index < -0.39 is 24.6 Å². The summed E-state index contributed by atoms with van der Waals surface area (Å²) < 4.78 is 22.5. The molecule has 2 aliphatic heterocycles. The van der Waals surface area contributed by atoms with Crippen molar-refractivity contribution in [3.63, 3.8) is 0 Å². The number of hydrogen-bond acceptors (Lipinski definition) is 8. The molecule has 0 amide bonds. The Kier molecular flexibility index (Phi) is 6.74. The Morgan fingerprint density at radius 2 is 1.85 bits per heavy atom. The van der Waals surface area contributed by atoms with Crippen LogP contribution in [0.15, 0.2) is 30.3 Å². The van der Waals surface area contributed by atoms with Gasteiger partial charge in [-0.1, -0.05) is 23.7 Å². The van der Waals surface area contributed by atoms with Crippen LogP contribution in [-0.2, 0) is 15.9 Å². The van der Waals surface area contributed by atoms with Gasteiger partial charge in [-0.2, -0.15) is 0 Å². The zero-order chi connectivity index (χ0) is 24.0. The van der Waals surface area contributed by atoms with E-state index >= 15 is 0 Å². The molecule has 0 spiro atoms. The summed E-state index contributed by atoms with van der Waals surface area (Å²) in [5, 5.41) is 41.0. The smallest absolute Gasteiger partial charge is 0.231 e. The molecule has 2 heterocycles. The first-order valence-electron chi connectivity index (χ1n) is 11.4. The number of aliphatic hydroxyl groups excluding tert-OH is 4. The molecule has 184 valence electrons. The van der Waals surface area contributed by atoms with E-state index in [1.165, 1.54) is 0 Å². The summed E-state index contributed by atoms with van der Waals surface area (Å²) >= 11 is 6.53. The monoisotopic (exact) mass is 492 g/mol. The van der Waals surface area contributed by atoms with Crippen LogP contribution < -0.4 is 9.47 Å². The standard InChI is InChI=1S/C25H29ClO8/c1-12-4-14-5-15(8-27)17(9-31-25-24(30)23(29)19(28)10-32-25)22(16(14)7-18(12)26)13-2-3-20-21(6-13)34-11-33-20/h2-4,6-7,15,17,19,22-25,27-30H,5,8-11H2,1H3/t15?,17?,19-,22?,23+,24-,25-/m1/s1. The molecule has 34 heavy (non-hydrogen) atoms. The number of aryl methyl sites for hydroxylation is 1. The lowest BCUT2D eigenvalue weighted by molar-refractivity contribution is -0.274. The number of benzene rings is 2. The molecular weight excluding hydrogens is 464 g/mol. The van der Waals surface area contributed by atoms with Gasteiger partial charge in [0.05, 0.1) is 13.2 Å². The zero-order valence-electron chi connectivity index (χ0n) is 18.8. The molecule has 9 heteroatoms. The average molecular weight is 493 g/mol. The quantitative estimate of drug-likeness (QED) is 0.498. The minimum absolute atomic E-state index is 0.0500. The Labute approximate surface area is 202 Å². The van der Waals surface area contributed by atoms with Crippen LogP contribution in [0.2, 0.25) is 5.02 Å². The zero-order valence-corrected chi connectivity index (χ0v) is 19.5. The van der Waals surface area contributed by atoms with Crippen molar-refractivity contribution in [1.29, 1.82) is 0 Å². The van der Waals surface area contributed by atoms with Gasteiger partial charge in [0.15, 0.2) is 17.8 Å². The van der Waals surface area contributed by atoms with E-state index in [0.717, 1.165) is 22.3 Å². The highest BCUT2D eigenvalue weighted by Gasteiger charge is 2.42. The maximum absolute atomic E-state index is 10.3. The number of fused-ring (bicyclic) bond motifs is 2. The van der Waals surface area contributed by atoms with Gasteiger partial charge in [-0.3, -0.25) is 0 Å². The molecule has 7 atom stereocenters. The Balaban J connectivity index is 1.50. The van der Waals surface area contributed by atoms with Crippen molar-refractivity contribution in [2.24, 2.45) is 11.8 Å². The molecule has 5 rings (SSSR count). The van der Waals surface area contributed by atoms with Crippen molar-refractivity contribution in [2.75, 3.05) is 26.6 Å². The van der Waals surface area contributed by atoms with Crippen LogP contribution in [0.25, 0.3) is 0 Å². The van der Waals surface area contributed by atoms with Gasteiger partial charge in [0.2, 0.25) is 6.79 Å². The molecule has 0 aromatic heterocycles. The van der Waals surface area contributed by atoms with Crippen LogP contribution in [0.1, 0.15) is 28.2 Å². The highest BCUT2D eigenvalue weighted by atomic mass is 35.5. The Morgan fingerprint density at radius 3 is 2.65 bits per heavy atom. The molecule has 2 aromatic carbocycles. The second kappa shape index (κ2) is 9.62. The highest BCUT2D eigenvalue weighted by Crippen LogP contribution is 2.47. The third-order valence-electron chi connectivity index (χ3n) is 7.17. The average Bonchev–Trinajstić information content (AvgIpc) is 3.30. The van der Waals surface area contributed by atoms with Gasteiger partial charge >= 0.3 is 0 Å². The molecule has 0 bridgehead atoms. The van der Waals surface area contributed by atoms with Crippen molar-refractivity contribution in [3.05, 3.63) is 57.6 Å². The van der Waals surface area contributed by atoms with Crippen LogP contribution in [0.5, 0.6) is 11.5 Å². The third-order valence-corrected chi connectivity index (χ3v) is 7.58. The molecule has 4 N–H and O–H groups in total. The first-order chi connectivity index (χ1) is 16.4. The number of halogens is 1. The van der Waals surface area contributed by atoms with Gasteiger partial charge in [0.25, 0.3) is 0 Å². The highest BCUT2D eigenvalue weighted by molar-refractivity contribution is 6.31. The molecule has 0 saturated carbocycles. The van der Waals surface area contributed by atoms with Crippen LogP contribution >= 0.6 is 11.6 Å². The van der Waals surface area contributed by atoms with Gasteiger partial charge < -0.3 is 39.4 Å². The van der Waals surface area contributed by atoms with Crippen LogP contribution in [0.3, 0.4) is 0 Å². The van der Waals surface area contributed by atoms with Crippen molar-refractivity contribution in [2.45, 2.75) is 43.9 Å². The molecule has 2 aromatic rings. The van der Waals surface area contributed by atoms with Crippen LogP contribution in [0.4, 0.5) is 0 Å². The number of rotatable bonds is 5. The summed E-state index contributed by atoms with van der Waals surface area (Å²) in [6.45, 7) is 2.09. The number of aliphatic hydroxyl groups is 4. The van der Waals surface area contributed by atoms with Gasteiger partial charge in [0.1, 0.15) is 18.3 Å². The van der Waals surface area contributed by atoms with Crippen molar-refractivity contribution in [3.8, 4) is 11.5 Å². The molecule has 3 aliphatic rings. The first-order valence-corrected chi connectivity index (χ1v) is 11.8. The van der Waals surface area contributed by atoms with Crippen LogP contribution in [0, 0.1) is 18.8 Å². The summed E-state index contributed by atoms with van der Waals surface area (Å²) in [6, 6.07) is 9.86. The maximum atomic E-state index is 10.3. The Morgan fingerprint density at radius 1 is 1.06 bits per heavy atom. The predicted octanol–water partition coefficient (Wildman–Crippen LogP) is 1.75. The lowest BCUT2D eigenvalue weighted by atomic mass is 9.66.